The molecule has 0 heterocycles. The first-order valence-electron chi connectivity index (χ1n) is 12.6. The van der Waals surface area contributed by atoms with E-state index in [-0.39, 0.29) is 53.7 Å². The van der Waals surface area contributed by atoms with Gasteiger partial charge in [-0.05, 0) is 75.7 Å². The van der Waals surface area contributed by atoms with Gasteiger partial charge in [-0.25, -0.2) is 0 Å². The summed E-state index contributed by atoms with van der Waals surface area (Å²) in [6.07, 6.45) is 8.80. The predicted octanol–water partition coefficient (Wildman–Crippen LogP) is 2.22. The third-order valence-electron chi connectivity index (χ3n) is 7.18. The lowest BCUT2D eigenvalue weighted by atomic mass is 9.52. The van der Waals surface area contributed by atoms with Crippen molar-refractivity contribution in [2.45, 2.75) is 77.0 Å². The average Bonchev–Trinajstić information content (AvgIpc) is 2.73. The Morgan fingerprint density at radius 2 is 1.86 bits per heavy atom. The molecular formula is C26H42N4O5. The number of carbonyl (C=O) groups is 2. The molecule has 9 heteroatoms. The van der Waals surface area contributed by atoms with Gasteiger partial charge in [0, 0.05) is 25.6 Å². The number of aliphatic hydroxyl groups is 1. The Labute approximate surface area is 208 Å². The van der Waals surface area contributed by atoms with Gasteiger partial charge < -0.3 is 35.9 Å². The molecule has 0 saturated heterocycles. The lowest BCUT2D eigenvalue weighted by molar-refractivity contribution is -0.145. The summed E-state index contributed by atoms with van der Waals surface area (Å²) in [4.78, 5) is 25.2. The van der Waals surface area contributed by atoms with Crippen LogP contribution in [0.25, 0.3) is 0 Å². The van der Waals surface area contributed by atoms with Gasteiger partial charge in [0.2, 0.25) is 11.8 Å². The van der Waals surface area contributed by atoms with Crippen molar-refractivity contribution < 1.29 is 24.2 Å². The molecule has 0 spiro atoms. The molecule has 0 radical (unpaired) electrons. The van der Waals surface area contributed by atoms with Gasteiger partial charge in [0.15, 0.2) is 0 Å². The van der Waals surface area contributed by atoms with Crippen LogP contribution in [0.1, 0.15) is 59.8 Å². The van der Waals surface area contributed by atoms with Gasteiger partial charge >= 0.3 is 0 Å². The van der Waals surface area contributed by atoms with Crippen LogP contribution in [0.4, 0.5) is 0 Å². The molecule has 4 fully saturated rings. The molecule has 4 aliphatic rings. The summed E-state index contributed by atoms with van der Waals surface area (Å²) in [6, 6.07) is 0.00564. The minimum absolute atomic E-state index is 0.00564. The van der Waals surface area contributed by atoms with E-state index in [1.54, 1.807) is 12.3 Å². The summed E-state index contributed by atoms with van der Waals surface area (Å²) < 4.78 is 10.8. The number of methoxy groups -OCH3 is 1. The molecule has 4 aliphatic carbocycles. The number of amides is 2. The molecule has 4 rings (SSSR count). The van der Waals surface area contributed by atoms with E-state index in [1.165, 1.54) is 7.11 Å². The average molecular weight is 491 g/mol. The second-order valence-corrected chi connectivity index (χ2v) is 11.5. The summed E-state index contributed by atoms with van der Waals surface area (Å²) >= 11 is 0. The molecule has 0 aromatic heterocycles. The maximum absolute atomic E-state index is 13.3. The topological polar surface area (TPSA) is 133 Å². The Kier molecular flexibility index (Phi) is 8.64. The maximum Gasteiger partial charge on any atom is 0.258 e. The molecule has 0 aromatic rings. The molecule has 2 amide bonds. The van der Waals surface area contributed by atoms with Crippen molar-refractivity contribution in [1.29, 1.82) is 5.41 Å². The van der Waals surface area contributed by atoms with E-state index in [0.717, 1.165) is 38.3 Å². The summed E-state index contributed by atoms with van der Waals surface area (Å²) in [5, 5.41) is 27.8. The second kappa shape index (κ2) is 11.1. The van der Waals surface area contributed by atoms with E-state index in [4.69, 9.17) is 14.9 Å². The van der Waals surface area contributed by atoms with Crippen LogP contribution in [0.5, 0.6) is 0 Å². The van der Waals surface area contributed by atoms with Gasteiger partial charge in [-0.15, -0.1) is 0 Å². The number of nitrogens with one attached hydrogen (secondary N) is 4. The number of hydrogen-bond donors (Lipinski definition) is 5. The molecular weight excluding hydrogens is 448 g/mol. The monoisotopic (exact) mass is 490 g/mol. The predicted molar refractivity (Wildman–Crippen MR) is 133 cm³/mol. The normalized spacial score (nSPS) is 30.3. The van der Waals surface area contributed by atoms with Gasteiger partial charge in [0.25, 0.3) is 5.91 Å². The van der Waals surface area contributed by atoms with Crippen molar-refractivity contribution in [3.05, 3.63) is 23.7 Å². The summed E-state index contributed by atoms with van der Waals surface area (Å²) in [5.74, 6) is 0.918. The largest absolute Gasteiger partial charge is 0.478 e. The summed E-state index contributed by atoms with van der Waals surface area (Å²) in [5.41, 5.74) is -1.12. The number of hydrogen-bond acceptors (Lipinski definition) is 7. The van der Waals surface area contributed by atoms with E-state index in [2.05, 4.69) is 16.0 Å². The molecule has 196 valence electrons. The number of ether oxygens (including phenoxy) is 2. The van der Waals surface area contributed by atoms with Crippen molar-refractivity contribution in [3.8, 4) is 0 Å². The molecule has 0 aliphatic heterocycles. The molecule has 4 saturated carbocycles. The third-order valence-corrected chi connectivity index (χ3v) is 7.18. The first-order chi connectivity index (χ1) is 16.4. The fourth-order valence-electron chi connectivity index (χ4n) is 6.02. The van der Waals surface area contributed by atoms with Crippen molar-refractivity contribution in [2.75, 3.05) is 20.3 Å². The van der Waals surface area contributed by atoms with E-state index < -0.39 is 11.1 Å². The van der Waals surface area contributed by atoms with Crippen LogP contribution < -0.4 is 16.0 Å². The van der Waals surface area contributed by atoms with Gasteiger partial charge in [-0.3, -0.25) is 9.59 Å². The Bertz CT molecular complexity index is 850. The van der Waals surface area contributed by atoms with Crippen LogP contribution >= 0.6 is 0 Å². The minimum atomic E-state index is -0.667. The number of carbonyl (C=O) groups excluding carboxylic acids is 2. The smallest absolute Gasteiger partial charge is 0.258 e. The zero-order chi connectivity index (χ0) is 25.8. The van der Waals surface area contributed by atoms with Crippen molar-refractivity contribution in [2.24, 2.45) is 23.7 Å². The van der Waals surface area contributed by atoms with Crippen molar-refractivity contribution >= 4 is 18.0 Å². The standard InChI is InChI=1S/C26H42N4O5/c1-16(2)14-35-24(28-7-6-25(3,4)30-21(31)15-34-5)20(13-27)23(32)29-22-18-8-17-9-19(22)12-26(33,10-17)11-18/h6-7,13,16-19,22,27-28,33H,8-12,14-15H2,1-5H3,(H,29,32)(H,30,31)/b7-6+,24-20-,27-13?. The van der Waals surface area contributed by atoms with Crippen LogP contribution in [-0.2, 0) is 19.1 Å². The van der Waals surface area contributed by atoms with Crippen LogP contribution in [0.2, 0.25) is 0 Å². The molecule has 9 nitrogen and oxygen atoms in total. The van der Waals surface area contributed by atoms with Crippen LogP contribution in [0.3, 0.4) is 0 Å². The van der Waals surface area contributed by atoms with E-state index >= 15 is 0 Å². The minimum Gasteiger partial charge on any atom is -0.478 e. The SMILES string of the molecule is COCC(=O)NC(C)(C)/C=C/N/C(OCC(C)C)=C(\C=N)C(=O)NC1C2CC3CC1CC(O)(C3)C2. The van der Waals surface area contributed by atoms with E-state index in [9.17, 15) is 14.7 Å². The highest BCUT2D eigenvalue weighted by Gasteiger charge is 2.55. The first kappa shape index (κ1) is 27.2. The summed E-state index contributed by atoms with van der Waals surface area (Å²) in [6.45, 7) is 8.02. The molecule has 4 bridgehead atoms. The third kappa shape index (κ3) is 7.07. The highest BCUT2D eigenvalue weighted by atomic mass is 16.5. The molecule has 0 aromatic carbocycles. The molecule has 5 N–H and O–H groups in total. The molecule has 2 atom stereocenters. The second-order valence-electron chi connectivity index (χ2n) is 11.5. The zero-order valence-electron chi connectivity index (χ0n) is 21.6. The van der Waals surface area contributed by atoms with Crippen molar-refractivity contribution in [3.63, 3.8) is 0 Å². The highest BCUT2D eigenvalue weighted by molar-refractivity contribution is 6.11. The maximum atomic E-state index is 13.3. The van der Waals surface area contributed by atoms with Gasteiger partial charge in [-0.1, -0.05) is 13.8 Å². The van der Waals surface area contributed by atoms with Gasteiger partial charge in [-0.2, -0.15) is 0 Å². The van der Waals surface area contributed by atoms with Gasteiger partial charge in [0.1, 0.15) is 12.2 Å². The van der Waals surface area contributed by atoms with Crippen LogP contribution in [0, 0.1) is 29.1 Å². The Hall–Kier alpha value is -2.39. The van der Waals surface area contributed by atoms with Crippen molar-refractivity contribution in [1.82, 2.24) is 16.0 Å². The van der Waals surface area contributed by atoms with Crippen LogP contribution in [0.15, 0.2) is 23.7 Å². The summed E-state index contributed by atoms with van der Waals surface area (Å²) in [7, 11) is 1.46. The quantitative estimate of drug-likeness (QED) is 0.162. The Morgan fingerprint density at radius 1 is 1.20 bits per heavy atom. The lowest BCUT2D eigenvalue weighted by Gasteiger charge is -2.58. The fraction of sp³-hybridized carbons (Fsp3) is 0.731. The van der Waals surface area contributed by atoms with E-state index in [1.807, 2.05) is 27.7 Å². The van der Waals surface area contributed by atoms with Gasteiger partial charge in [0.05, 0.1) is 17.7 Å². The molecule has 35 heavy (non-hydrogen) atoms. The number of rotatable bonds is 12. The Balaban J connectivity index is 1.72. The molecule has 2 unspecified atom stereocenters. The lowest BCUT2D eigenvalue weighted by Crippen LogP contribution is -2.61. The fourth-order valence-corrected chi connectivity index (χ4v) is 6.02. The zero-order valence-corrected chi connectivity index (χ0v) is 21.6. The van der Waals surface area contributed by atoms with E-state index in [0.29, 0.717) is 12.5 Å². The first-order valence-corrected chi connectivity index (χ1v) is 12.6. The van der Waals surface area contributed by atoms with Crippen LogP contribution in [-0.4, -0.2) is 60.6 Å². The Morgan fingerprint density at radius 3 is 2.40 bits per heavy atom. The highest BCUT2D eigenvalue weighted by Crippen LogP contribution is 2.55.